The van der Waals surface area contributed by atoms with Gasteiger partial charge in [0.1, 0.15) is 0 Å². The van der Waals surface area contributed by atoms with Crippen LogP contribution in [0.2, 0.25) is 0 Å². The third kappa shape index (κ3) is 2.58. The van der Waals surface area contributed by atoms with Gasteiger partial charge in [-0.2, -0.15) is 0 Å². The van der Waals surface area contributed by atoms with E-state index >= 15 is 0 Å². The number of rotatable bonds is 4. The minimum atomic E-state index is -0.270. The largest absolute Gasteiger partial charge is 0.398 e. The van der Waals surface area contributed by atoms with Gasteiger partial charge in [0, 0.05) is 5.69 Å². The number of anilines is 1. The molecule has 3 aromatic rings. The molecule has 0 aromatic heterocycles. The lowest BCUT2D eigenvalue weighted by atomic mass is 9.83. The van der Waals surface area contributed by atoms with Gasteiger partial charge < -0.3 is 5.73 Å². The SMILES string of the molecule is Nc1ccccc1C(PBr)(c1ccccc1)c1ccccc1. The van der Waals surface area contributed by atoms with E-state index in [-0.39, 0.29) is 5.16 Å². The number of benzene rings is 3. The lowest BCUT2D eigenvalue weighted by Gasteiger charge is -2.34. The summed E-state index contributed by atoms with van der Waals surface area (Å²) in [4.78, 5) is 0. The molecule has 0 saturated heterocycles. The van der Waals surface area contributed by atoms with Gasteiger partial charge in [0.2, 0.25) is 0 Å². The molecule has 0 aliphatic heterocycles. The van der Waals surface area contributed by atoms with E-state index in [4.69, 9.17) is 5.73 Å². The predicted molar refractivity (Wildman–Crippen MR) is 101 cm³/mol. The summed E-state index contributed by atoms with van der Waals surface area (Å²) in [5, 5.41) is -0.270. The lowest BCUT2D eigenvalue weighted by molar-refractivity contribution is 0.898. The van der Waals surface area contributed by atoms with Gasteiger partial charge in [0.25, 0.3) is 0 Å². The van der Waals surface area contributed by atoms with E-state index in [1.807, 2.05) is 24.3 Å². The molecule has 3 heteroatoms. The molecule has 0 aliphatic rings. The molecule has 110 valence electrons. The van der Waals surface area contributed by atoms with Crippen LogP contribution in [0.5, 0.6) is 0 Å². The molecular weight excluding hydrogens is 353 g/mol. The van der Waals surface area contributed by atoms with Crippen molar-refractivity contribution < 1.29 is 0 Å². The van der Waals surface area contributed by atoms with Gasteiger partial charge in [-0.05, 0) is 30.0 Å². The quantitative estimate of drug-likeness (QED) is 0.364. The molecule has 3 aromatic carbocycles. The number of hydrogen-bond acceptors (Lipinski definition) is 1. The second kappa shape index (κ2) is 6.64. The van der Waals surface area contributed by atoms with E-state index in [9.17, 15) is 0 Å². The van der Waals surface area contributed by atoms with Gasteiger partial charge in [-0.15, -0.1) is 0 Å². The van der Waals surface area contributed by atoms with Crippen LogP contribution < -0.4 is 5.73 Å². The monoisotopic (exact) mass is 369 g/mol. The highest BCUT2D eigenvalue weighted by Gasteiger charge is 2.36. The van der Waals surface area contributed by atoms with Crippen molar-refractivity contribution in [2.24, 2.45) is 0 Å². The normalized spacial score (nSPS) is 11.9. The summed E-state index contributed by atoms with van der Waals surface area (Å²) in [6.45, 7) is 0. The summed E-state index contributed by atoms with van der Waals surface area (Å²) in [7, 11) is 0.480. The Morgan fingerprint density at radius 3 is 1.59 bits per heavy atom. The van der Waals surface area contributed by atoms with E-state index in [1.165, 1.54) is 11.1 Å². The first-order valence-electron chi connectivity index (χ1n) is 7.13. The van der Waals surface area contributed by atoms with Crippen LogP contribution in [0.3, 0.4) is 0 Å². The Balaban J connectivity index is 2.34. The van der Waals surface area contributed by atoms with E-state index < -0.39 is 0 Å². The summed E-state index contributed by atoms with van der Waals surface area (Å²) < 4.78 is 0. The third-order valence-electron chi connectivity index (χ3n) is 3.92. The number of nitrogen functional groups attached to an aromatic ring is 1. The minimum Gasteiger partial charge on any atom is -0.398 e. The molecule has 1 nitrogen and oxygen atoms in total. The molecule has 0 aliphatic carbocycles. The van der Waals surface area contributed by atoms with Crippen LogP contribution in [0.4, 0.5) is 5.69 Å². The summed E-state index contributed by atoms with van der Waals surface area (Å²) in [6.07, 6.45) is 0. The average Bonchev–Trinajstić information content (AvgIpc) is 2.59. The van der Waals surface area contributed by atoms with Crippen molar-refractivity contribution in [2.75, 3.05) is 5.73 Å². The fourth-order valence-electron chi connectivity index (χ4n) is 2.85. The van der Waals surface area contributed by atoms with Crippen molar-refractivity contribution in [1.82, 2.24) is 0 Å². The van der Waals surface area contributed by atoms with Crippen molar-refractivity contribution >= 4 is 28.5 Å². The molecule has 0 radical (unpaired) electrons. The van der Waals surface area contributed by atoms with Crippen LogP contribution in [-0.2, 0) is 5.16 Å². The van der Waals surface area contributed by atoms with E-state index in [0.29, 0.717) is 7.28 Å². The molecule has 0 saturated carbocycles. The number of halogens is 1. The van der Waals surface area contributed by atoms with Crippen LogP contribution in [0.1, 0.15) is 16.7 Å². The van der Waals surface area contributed by atoms with Crippen molar-refractivity contribution in [3.05, 3.63) is 102 Å². The molecule has 0 spiro atoms. The fourth-order valence-corrected chi connectivity index (χ4v) is 5.75. The topological polar surface area (TPSA) is 26.0 Å². The number of para-hydroxylation sites is 1. The Morgan fingerprint density at radius 1 is 0.682 bits per heavy atom. The molecule has 0 amide bonds. The molecule has 0 bridgehead atoms. The molecule has 1 unspecified atom stereocenters. The van der Waals surface area contributed by atoms with Gasteiger partial charge in [0.15, 0.2) is 0 Å². The minimum absolute atomic E-state index is 0.270. The summed E-state index contributed by atoms with van der Waals surface area (Å²) in [5.41, 5.74) is 10.8. The van der Waals surface area contributed by atoms with Crippen molar-refractivity contribution in [2.45, 2.75) is 5.16 Å². The fraction of sp³-hybridized carbons (Fsp3) is 0.0526. The van der Waals surface area contributed by atoms with Crippen molar-refractivity contribution in [3.63, 3.8) is 0 Å². The molecule has 22 heavy (non-hydrogen) atoms. The zero-order valence-electron chi connectivity index (χ0n) is 12.0. The van der Waals surface area contributed by atoms with Crippen LogP contribution in [0.15, 0.2) is 84.9 Å². The Bertz CT molecular complexity index is 704. The van der Waals surface area contributed by atoms with Gasteiger partial charge in [0.05, 0.1) is 5.16 Å². The summed E-state index contributed by atoms with van der Waals surface area (Å²) in [5.74, 6) is 0. The van der Waals surface area contributed by atoms with Crippen molar-refractivity contribution in [1.29, 1.82) is 0 Å². The molecule has 2 N–H and O–H groups in total. The van der Waals surface area contributed by atoms with Gasteiger partial charge in [-0.25, -0.2) is 0 Å². The molecular formula is C19H17BrNP. The van der Waals surface area contributed by atoms with E-state index in [0.717, 1.165) is 11.3 Å². The maximum atomic E-state index is 6.34. The van der Waals surface area contributed by atoms with Gasteiger partial charge >= 0.3 is 0 Å². The van der Waals surface area contributed by atoms with Gasteiger partial charge in [-0.3, -0.25) is 0 Å². The Kier molecular flexibility index (Phi) is 4.61. The van der Waals surface area contributed by atoms with Crippen molar-refractivity contribution in [3.8, 4) is 0 Å². The molecule has 0 heterocycles. The number of nitrogens with two attached hydrogens (primary N) is 1. The summed E-state index contributed by atoms with van der Waals surface area (Å²) in [6, 6.07) is 29.3. The molecule has 0 fully saturated rings. The second-order valence-corrected chi connectivity index (χ2v) is 7.29. The van der Waals surface area contributed by atoms with Crippen LogP contribution >= 0.6 is 22.8 Å². The second-order valence-electron chi connectivity index (χ2n) is 5.16. The van der Waals surface area contributed by atoms with Crippen LogP contribution in [-0.4, -0.2) is 0 Å². The highest BCUT2D eigenvalue weighted by atomic mass is 79.9. The highest BCUT2D eigenvalue weighted by Crippen LogP contribution is 2.56. The smallest absolute Gasteiger partial charge is 0.0742 e. The van der Waals surface area contributed by atoms with Crippen LogP contribution in [0.25, 0.3) is 0 Å². The predicted octanol–water partition coefficient (Wildman–Crippen LogP) is 5.55. The van der Waals surface area contributed by atoms with E-state index in [2.05, 4.69) is 76.2 Å². The lowest BCUT2D eigenvalue weighted by Crippen LogP contribution is -2.24. The zero-order chi connectivity index (χ0) is 15.4. The zero-order valence-corrected chi connectivity index (χ0v) is 14.6. The third-order valence-corrected chi connectivity index (χ3v) is 6.83. The maximum Gasteiger partial charge on any atom is 0.0742 e. The Labute approximate surface area is 141 Å². The summed E-state index contributed by atoms with van der Waals surface area (Å²) >= 11 is 3.79. The first-order chi connectivity index (χ1) is 10.8. The Morgan fingerprint density at radius 2 is 1.14 bits per heavy atom. The van der Waals surface area contributed by atoms with E-state index in [1.54, 1.807) is 0 Å². The first-order valence-corrected chi connectivity index (χ1v) is 10.4. The number of hydrogen-bond donors (Lipinski definition) is 1. The molecule has 1 atom stereocenters. The molecule has 3 rings (SSSR count). The first kappa shape index (κ1) is 15.3. The maximum absolute atomic E-state index is 6.34. The van der Waals surface area contributed by atoms with Crippen LogP contribution in [0, 0.1) is 0 Å². The Hall–Kier alpha value is -1.63. The standard InChI is InChI=1S/C19H17BrNP/c20-22-19(15-9-3-1-4-10-15,16-11-5-2-6-12-16)17-13-7-8-14-18(17)21/h1-14,22H,21H2. The highest BCUT2D eigenvalue weighted by molar-refractivity contribution is 9.36. The van der Waals surface area contributed by atoms with Gasteiger partial charge in [-0.1, -0.05) is 94.4 Å². The average molecular weight is 370 g/mol.